The molecule has 5 heteroatoms. The number of para-hydroxylation sites is 1. The van der Waals surface area contributed by atoms with Gasteiger partial charge in [-0.2, -0.15) is 0 Å². The summed E-state index contributed by atoms with van der Waals surface area (Å²) in [5, 5.41) is 0.807. The highest BCUT2D eigenvalue weighted by molar-refractivity contribution is 6.07. The highest BCUT2D eigenvalue weighted by Crippen LogP contribution is 2.26. The van der Waals surface area contributed by atoms with Crippen LogP contribution < -0.4 is 11.3 Å². The number of fused-ring (bicyclic) bond motifs is 1. The largest absolute Gasteiger partial charge is 0.459 e. The first kappa shape index (κ1) is 15.5. The van der Waals surface area contributed by atoms with Gasteiger partial charge in [0.25, 0.3) is 5.91 Å². The summed E-state index contributed by atoms with van der Waals surface area (Å²) in [7, 11) is 0. The van der Waals surface area contributed by atoms with Gasteiger partial charge in [-0.15, -0.1) is 0 Å². The minimum atomic E-state index is -0.304. The molecule has 21 heavy (non-hydrogen) atoms. The molecule has 1 heterocycles. The molecule has 0 saturated carbocycles. The lowest BCUT2D eigenvalue weighted by Crippen LogP contribution is -2.31. The van der Waals surface area contributed by atoms with E-state index < -0.39 is 0 Å². The topological polar surface area (TPSA) is 71.5 Å². The van der Waals surface area contributed by atoms with Crippen molar-refractivity contribution in [1.29, 1.82) is 0 Å². The second kappa shape index (κ2) is 7.24. The molecule has 0 fully saturated rings. The van der Waals surface area contributed by atoms with E-state index in [-0.39, 0.29) is 5.91 Å². The fraction of sp³-hybridized carbons (Fsp3) is 0.438. The number of rotatable bonds is 7. The Morgan fingerprint density at radius 2 is 2.10 bits per heavy atom. The number of nitrogens with zero attached hydrogens (tertiary/aromatic N) is 1. The lowest BCUT2D eigenvalue weighted by molar-refractivity contribution is 0.0951. The number of benzene rings is 1. The van der Waals surface area contributed by atoms with Gasteiger partial charge in [0.1, 0.15) is 11.3 Å². The lowest BCUT2D eigenvalue weighted by Gasteiger charge is -2.19. The monoisotopic (exact) mass is 289 g/mol. The number of amides is 1. The third kappa shape index (κ3) is 3.43. The van der Waals surface area contributed by atoms with Crippen LogP contribution in [0.1, 0.15) is 42.8 Å². The Labute approximate surface area is 125 Å². The van der Waals surface area contributed by atoms with Crippen LogP contribution in [0.5, 0.6) is 0 Å². The van der Waals surface area contributed by atoms with Crippen LogP contribution in [-0.4, -0.2) is 23.9 Å². The fourth-order valence-corrected chi connectivity index (χ4v) is 2.46. The van der Waals surface area contributed by atoms with Crippen LogP contribution in [0.3, 0.4) is 0 Å². The molecule has 1 aromatic carbocycles. The van der Waals surface area contributed by atoms with Crippen LogP contribution in [0.4, 0.5) is 0 Å². The Balaban J connectivity index is 2.35. The maximum atomic E-state index is 12.1. The zero-order chi connectivity index (χ0) is 15.2. The number of nitrogen functional groups attached to an aromatic ring is 1. The molecular formula is C16H23N3O2. The van der Waals surface area contributed by atoms with E-state index >= 15 is 0 Å². The molecule has 0 radical (unpaired) electrons. The minimum absolute atomic E-state index is 0.304. The summed E-state index contributed by atoms with van der Waals surface area (Å²) in [5.41, 5.74) is 3.48. The van der Waals surface area contributed by atoms with E-state index in [9.17, 15) is 4.79 Å². The highest BCUT2D eigenvalue weighted by atomic mass is 16.3. The summed E-state index contributed by atoms with van der Waals surface area (Å²) in [6, 6.07) is 7.54. The Kier molecular flexibility index (Phi) is 5.36. The summed E-state index contributed by atoms with van der Waals surface area (Å²) in [6.45, 7) is 6.81. The number of carbonyl (C=O) groups excluding carboxylic acids is 1. The Bertz CT molecular complexity index is 607. The van der Waals surface area contributed by atoms with Gasteiger partial charge in [-0.25, -0.2) is 5.84 Å². The van der Waals surface area contributed by atoms with Gasteiger partial charge in [0.2, 0.25) is 0 Å². The summed E-state index contributed by atoms with van der Waals surface area (Å²) in [6.07, 6.45) is 2.28. The third-order valence-electron chi connectivity index (χ3n) is 3.67. The minimum Gasteiger partial charge on any atom is -0.459 e. The number of nitrogens with one attached hydrogen (secondary N) is 1. The quantitative estimate of drug-likeness (QED) is 0.467. The fourth-order valence-electron chi connectivity index (χ4n) is 2.46. The second-order valence-corrected chi connectivity index (χ2v) is 5.09. The molecule has 0 bridgehead atoms. The molecule has 5 nitrogen and oxygen atoms in total. The van der Waals surface area contributed by atoms with Crippen molar-refractivity contribution in [2.75, 3.05) is 13.1 Å². The molecule has 2 aromatic rings. The van der Waals surface area contributed by atoms with E-state index in [1.165, 1.54) is 0 Å². The molecule has 0 atom stereocenters. The predicted molar refractivity (Wildman–Crippen MR) is 83.7 cm³/mol. The number of hydrogen-bond donors (Lipinski definition) is 2. The van der Waals surface area contributed by atoms with E-state index in [1.807, 2.05) is 24.3 Å². The van der Waals surface area contributed by atoms with Gasteiger partial charge in [0, 0.05) is 5.39 Å². The van der Waals surface area contributed by atoms with Gasteiger partial charge in [0.15, 0.2) is 0 Å². The van der Waals surface area contributed by atoms with Crippen LogP contribution in [0.2, 0.25) is 0 Å². The van der Waals surface area contributed by atoms with Crippen molar-refractivity contribution < 1.29 is 9.21 Å². The van der Waals surface area contributed by atoms with E-state index in [1.54, 1.807) is 0 Å². The molecule has 0 saturated heterocycles. The molecular weight excluding hydrogens is 266 g/mol. The third-order valence-corrected chi connectivity index (χ3v) is 3.67. The van der Waals surface area contributed by atoms with Gasteiger partial charge in [-0.1, -0.05) is 38.5 Å². The van der Waals surface area contributed by atoms with Crippen molar-refractivity contribution in [2.24, 2.45) is 5.84 Å². The van der Waals surface area contributed by atoms with Crippen LogP contribution >= 0.6 is 0 Å². The molecule has 0 aliphatic rings. The van der Waals surface area contributed by atoms with Gasteiger partial charge in [-0.05, 0) is 25.6 Å². The Morgan fingerprint density at radius 3 is 2.76 bits per heavy atom. The SMILES string of the molecule is CCCCN(CC)Cc1oc2ccccc2c1C(=O)NN. The van der Waals surface area contributed by atoms with Crippen LogP contribution in [-0.2, 0) is 6.54 Å². The highest BCUT2D eigenvalue weighted by Gasteiger charge is 2.21. The number of unbranched alkanes of at least 4 members (excludes halogenated alkanes) is 1. The summed E-state index contributed by atoms with van der Waals surface area (Å²) >= 11 is 0. The van der Waals surface area contributed by atoms with Crippen molar-refractivity contribution >= 4 is 16.9 Å². The number of hydrazine groups is 1. The first-order valence-electron chi connectivity index (χ1n) is 7.44. The van der Waals surface area contributed by atoms with Gasteiger partial charge < -0.3 is 4.42 Å². The molecule has 114 valence electrons. The zero-order valence-corrected chi connectivity index (χ0v) is 12.7. The van der Waals surface area contributed by atoms with E-state index in [4.69, 9.17) is 10.3 Å². The molecule has 0 aliphatic carbocycles. The summed E-state index contributed by atoms with van der Waals surface area (Å²) < 4.78 is 5.88. The van der Waals surface area contributed by atoms with Gasteiger partial charge in [-0.3, -0.25) is 15.1 Å². The Hall–Kier alpha value is -1.85. The Morgan fingerprint density at radius 1 is 1.33 bits per heavy atom. The average Bonchev–Trinajstić information content (AvgIpc) is 2.88. The van der Waals surface area contributed by atoms with E-state index in [0.717, 1.165) is 36.9 Å². The number of furan rings is 1. The first-order valence-corrected chi connectivity index (χ1v) is 7.44. The van der Waals surface area contributed by atoms with E-state index in [0.29, 0.717) is 17.9 Å². The van der Waals surface area contributed by atoms with Crippen molar-refractivity contribution in [1.82, 2.24) is 10.3 Å². The van der Waals surface area contributed by atoms with Crippen molar-refractivity contribution in [3.8, 4) is 0 Å². The zero-order valence-electron chi connectivity index (χ0n) is 12.7. The molecule has 0 unspecified atom stereocenters. The van der Waals surface area contributed by atoms with Gasteiger partial charge >= 0.3 is 0 Å². The number of carbonyl (C=O) groups is 1. The smallest absolute Gasteiger partial charge is 0.269 e. The molecule has 2 rings (SSSR count). The molecule has 1 aromatic heterocycles. The van der Waals surface area contributed by atoms with Crippen molar-refractivity contribution in [2.45, 2.75) is 33.2 Å². The average molecular weight is 289 g/mol. The summed E-state index contributed by atoms with van der Waals surface area (Å²) in [5.74, 6) is 5.69. The van der Waals surface area contributed by atoms with Crippen LogP contribution in [0.25, 0.3) is 11.0 Å². The maximum absolute atomic E-state index is 12.1. The van der Waals surface area contributed by atoms with Crippen molar-refractivity contribution in [3.05, 3.63) is 35.6 Å². The standard InChI is InChI=1S/C16H23N3O2/c1-3-5-10-19(4-2)11-14-15(16(20)18-17)12-8-6-7-9-13(12)21-14/h6-9H,3-5,10-11,17H2,1-2H3,(H,18,20). The maximum Gasteiger partial charge on any atom is 0.269 e. The van der Waals surface area contributed by atoms with Crippen LogP contribution in [0.15, 0.2) is 28.7 Å². The van der Waals surface area contributed by atoms with Crippen molar-refractivity contribution in [3.63, 3.8) is 0 Å². The number of nitrogens with two attached hydrogens (primary N) is 1. The molecule has 3 N–H and O–H groups in total. The normalized spacial score (nSPS) is 11.2. The predicted octanol–water partition coefficient (Wildman–Crippen LogP) is 2.66. The summed E-state index contributed by atoms with van der Waals surface area (Å²) in [4.78, 5) is 14.4. The second-order valence-electron chi connectivity index (χ2n) is 5.09. The first-order chi connectivity index (χ1) is 10.2. The van der Waals surface area contributed by atoms with Crippen LogP contribution in [0, 0.1) is 0 Å². The lowest BCUT2D eigenvalue weighted by atomic mass is 10.1. The van der Waals surface area contributed by atoms with E-state index in [2.05, 4.69) is 24.2 Å². The molecule has 1 amide bonds. The molecule has 0 spiro atoms. The molecule has 0 aliphatic heterocycles. The number of hydrogen-bond acceptors (Lipinski definition) is 4. The van der Waals surface area contributed by atoms with Gasteiger partial charge in [0.05, 0.1) is 12.1 Å².